The summed E-state index contributed by atoms with van der Waals surface area (Å²) in [5, 5.41) is -0.377. The van der Waals surface area contributed by atoms with Gasteiger partial charge in [0.2, 0.25) is 0 Å². The van der Waals surface area contributed by atoms with Crippen LogP contribution in [0.3, 0.4) is 0 Å². The Morgan fingerprint density at radius 1 is 1.83 bits per heavy atom. The zero-order valence-corrected chi connectivity index (χ0v) is 4.25. The molecule has 0 atom stereocenters. The normalized spacial score (nSPS) is 5.67. The fourth-order valence-corrected chi connectivity index (χ4v) is 0.219. The van der Waals surface area contributed by atoms with Gasteiger partial charge >= 0.3 is 0 Å². The lowest BCUT2D eigenvalue weighted by atomic mass is 10.7. The van der Waals surface area contributed by atoms with E-state index < -0.39 is 0 Å². The zero-order chi connectivity index (χ0) is 4.99. The molecule has 0 aliphatic heterocycles. The van der Waals surface area contributed by atoms with Crippen LogP contribution in [0.15, 0.2) is 0 Å². The van der Waals surface area contributed by atoms with Gasteiger partial charge in [0.1, 0.15) is 0 Å². The number of hydrogen-bond donors (Lipinski definition) is 1. The van der Waals surface area contributed by atoms with Crippen LogP contribution in [0, 0.1) is 11.8 Å². The fourth-order valence-electron chi connectivity index (χ4n) is 0.107. The van der Waals surface area contributed by atoms with Crippen LogP contribution in [-0.2, 0) is 4.79 Å². The molecule has 0 rings (SSSR count). The van der Waals surface area contributed by atoms with Crippen molar-refractivity contribution in [1.29, 1.82) is 0 Å². The maximum atomic E-state index is 9.73. The topological polar surface area (TPSA) is 17.1 Å². The van der Waals surface area contributed by atoms with Crippen LogP contribution in [0.5, 0.6) is 0 Å². The number of carbonyl (C=O) groups is 1. The predicted octanol–water partition coefficient (Wildman–Crippen LogP) is 0.466. The molecule has 0 fully saturated rings. The minimum atomic E-state index is -0.377. The molecule has 0 saturated heterocycles. The van der Waals surface area contributed by atoms with Gasteiger partial charge in [-0.3, -0.25) is 4.79 Å². The van der Waals surface area contributed by atoms with Crippen molar-refractivity contribution < 1.29 is 4.79 Å². The molecule has 0 radical (unpaired) electrons. The highest BCUT2D eigenvalue weighted by Gasteiger charge is 1.73. The number of rotatable bonds is 0. The first-order valence-corrected chi connectivity index (χ1v) is 1.87. The van der Waals surface area contributed by atoms with E-state index in [0.717, 1.165) is 0 Å². The maximum absolute atomic E-state index is 9.73. The zero-order valence-electron chi connectivity index (χ0n) is 3.36. The third kappa shape index (κ3) is 3.58. The van der Waals surface area contributed by atoms with E-state index in [0.29, 0.717) is 0 Å². The maximum Gasteiger partial charge on any atom is 0.259 e. The van der Waals surface area contributed by atoms with E-state index in [4.69, 9.17) is 0 Å². The van der Waals surface area contributed by atoms with Gasteiger partial charge in [0, 0.05) is 0 Å². The highest BCUT2D eigenvalue weighted by molar-refractivity contribution is 7.97. The SMILES string of the molecule is CC#CC(=O)S. The first-order valence-electron chi connectivity index (χ1n) is 1.43. The Balaban J connectivity index is 3.50. The molecule has 2 heteroatoms. The molecule has 0 bridgehead atoms. The summed E-state index contributed by atoms with van der Waals surface area (Å²) in [6.07, 6.45) is 0. The van der Waals surface area contributed by atoms with E-state index in [1.165, 1.54) is 0 Å². The van der Waals surface area contributed by atoms with Crippen LogP contribution in [0.2, 0.25) is 0 Å². The summed E-state index contributed by atoms with van der Waals surface area (Å²) in [7, 11) is 0. The van der Waals surface area contributed by atoms with Gasteiger partial charge in [-0.05, 0) is 12.8 Å². The number of carbonyl (C=O) groups excluding carboxylic acids is 1. The van der Waals surface area contributed by atoms with Crippen LogP contribution >= 0.6 is 12.6 Å². The molecule has 0 aliphatic rings. The molecule has 32 valence electrons. The van der Waals surface area contributed by atoms with Gasteiger partial charge < -0.3 is 0 Å². The molecule has 0 saturated carbocycles. The Kier molecular flexibility index (Phi) is 2.60. The van der Waals surface area contributed by atoms with Crippen molar-refractivity contribution in [2.24, 2.45) is 0 Å². The van der Waals surface area contributed by atoms with Crippen molar-refractivity contribution in [3.05, 3.63) is 0 Å². The molecular formula is C4H4OS. The van der Waals surface area contributed by atoms with Gasteiger partial charge in [-0.2, -0.15) is 0 Å². The summed E-state index contributed by atoms with van der Waals surface area (Å²) in [6.45, 7) is 1.59. The van der Waals surface area contributed by atoms with Crippen LogP contribution in [0.1, 0.15) is 6.92 Å². The summed E-state index contributed by atoms with van der Waals surface area (Å²) in [6, 6.07) is 0. The van der Waals surface area contributed by atoms with Gasteiger partial charge in [-0.25, -0.2) is 0 Å². The molecule has 1 nitrogen and oxygen atoms in total. The van der Waals surface area contributed by atoms with Crippen LogP contribution in [0.4, 0.5) is 0 Å². The second-order valence-corrected chi connectivity index (χ2v) is 1.09. The standard InChI is InChI=1S/C4H4OS/c1-2-3-4(5)6/h1H3,(H,5,6). The molecule has 0 amide bonds. The van der Waals surface area contributed by atoms with Crippen molar-refractivity contribution in [2.45, 2.75) is 6.92 Å². The molecular weight excluding hydrogens is 96.1 g/mol. The van der Waals surface area contributed by atoms with Crippen LogP contribution in [0.25, 0.3) is 0 Å². The lowest BCUT2D eigenvalue weighted by Gasteiger charge is -1.60. The van der Waals surface area contributed by atoms with Crippen molar-refractivity contribution in [3.8, 4) is 11.8 Å². The largest absolute Gasteiger partial charge is 0.272 e. The molecule has 0 N–H and O–H groups in total. The summed E-state index contributed by atoms with van der Waals surface area (Å²) < 4.78 is 0. The summed E-state index contributed by atoms with van der Waals surface area (Å²) in [4.78, 5) is 9.73. The Morgan fingerprint density at radius 3 is 2.33 bits per heavy atom. The highest BCUT2D eigenvalue weighted by atomic mass is 32.1. The lowest BCUT2D eigenvalue weighted by molar-refractivity contribution is -0.106. The van der Waals surface area contributed by atoms with E-state index in [1.807, 2.05) is 0 Å². The van der Waals surface area contributed by atoms with Crippen LogP contribution in [-0.4, -0.2) is 5.12 Å². The molecule has 0 aromatic carbocycles. The third-order valence-corrected chi connectivity index (χ3v) is 0.344. The first kappa shape index (κ1) is 5.58. The fraction of sp³-hybridized carbons (Fsp3) is 0.250. The minimum absolute atomic E-state index is 0.377. The quantitative estimate of drug-likeness (QED) is 0.346. The van der Waals surface area contributed by atoms with Gasteiger partial charge in [0.15, 0.2) is 0 Å². The first-order chi connectivity index (χ1) is 2.77. The second kappa shape index (κ2) is 2.80. The van der Waals surface area contributed by atoms with E-state index in [2.05, 4.69) is 24.5 Å². The molecule has 0 aromatic heterocycles. The molecule has 0 aromatic rings. The Morgan fingerprint density at radius 2 is 2.33 bits per heavy atom. The summed E-state index contributed by atoms with van der Waals surface area (Å²) in [5.41, 5.74) is 0. The highest BCUT2D eigenvalue weighted by Crippen LogP contribution is 1.69. The second-order valence-electron chi connectivity index (χ2n) is 0.680. The third-order valence-electron chi connectivity index (χ3n) is 0.232. The molecule has 0 aliphatic carbocycles. The molecule has 0 heterocycles. The Labute approximate surface area is 42.1 Å². The number of thiol groups is 1. The van der Waals surface area contributed by atoms with Gasteiger partial charge in [-0.15, -0.1) is 0 Å². The summed E-state index contributed by atoms with van der Waals surface area (Å²) >= 11 is 3.37. The van der Waals surface area contributed by atoms with Gasteiger partial charge in [-0.1, -0.05) is 18.5 Å². The van der Waals surface area contributed by atoms with Crippen LogP contribution < -0.4 is 0 Å². The van der Waals surface area contributed by atoms with Crippen molar-refractivity contribution in [1.82, 2.24) is 0 Å². The van der Waals surface area contributed by atoms with Gasteiger partial charge in [0.05, 0.1) is 0 Å². The van der Waals surface area contributed by atoms with Crippen molar-refractivity contribution >= 4 is 17.7 Å². The number of hydrogen-bond acceptors (Lipinski definition) is 1. The van der Waals surface area contributed by atoms with Gasteiger partial charge in [0.25, 0.3) is 5.12 Å². The average Bonchev–Trinajstić information content (AvgIpc) is 1.35. The molecule has 6 heavy (non-hydrogen) atoms. The van der Waals surface area contributed by atoms with E-state index >= 15 is 0 Å². The minimum Gasteiger partial charge on any atom is -0.272 e. The van der Waals surface area contributed by atoms with E-state index in [1.54, 1.807) is 6.92 Å². The lowest BCUT2D eigenvalue weighted by Crippen LogP contribution is -1.72. The van der Waals surface area contributed by atoms with Crippen molar-refractivity contribution in [3.63, 3.8) is 0 Å². The predicted molar refractivity (Wildman–Crippen MR) is 27.4 cm³/mol. The van der Waals surface area contributed by atoms with E-state index in [-0.39, 0.29) is 5.12 Å². The monoisotopic (exact) mass is 100.0 g/mol. The average molecular weight is 100 g/mol. The van der Waals surface area contributed by atoms with Crippen molar-refractivity contribution in [2.75, 3.05) is 0 Å². The molecule has 0 spiro atoms. The Hall–Kier alpha value is -0.420. The Bertz CT molecular complexity index is 106. The summed E-state index contributed by atoms with van der Waals surface area (Å²) in [5.74, 6) is 4.57. The van der Waals surface area contributed by atoms with E-state index in [9.17, 15) is 4.79 Å². The smallest absolute Gasteiger partial charge is 0.259 e. The molecule has 0 unspecified atom stereocenters.